The van der Waals surface area contributed by atoms with Crippen LogP contribution in [0.3, 0.4) is 0 Å². The Kier molecular flexibility index (Phi) is 11.4. The fraction of sp³-hybridized carbons (Fsp3) is 1.00. The van der Waals surface area contributed by atoms with Crippen LogP contribution in [-0.2, 0) is 9.47 Å². The molecule has 1 fully saturated rings. The van der Waals surface area contributed by atoms with Gasteiger partial charge in [0.2, 0.25) is 0 Å². The van der Waals surface area contributed by atoms with E-state index >= 15 is 0 Å². The first-order chi connectivity index (χ1) is 9.83. The Balaban J connectivity index is 1.74. The summed E-state index contributed by atoms with van der Waals surface area (Å²) in [5, 5.41) is 0. The van der Waals surface area contributed by atoms with Crippen molar-refractivity contribution in [2.24, 2.45) is 5.92 Å². The molecule has 1 heterocycles. The molecule has 1 aliphatic rings. The van der Waals surface area contributed by atoms with Crippen LogP contribution in [0.25, 0.3) is 0 Å². The summed E-state index contributed by atoms with van der Waals surface area (Å²) in [7, 11) is 0. The molecule has 0 N–H and O–H groups in total. The normalized spacial score (nSPS) is 21.0. The van der Waals surface area contributed by atoms with Gasteiger partial charge in [0.25, 0.3) is 0 Å². The zero-order chi connectivity index (χ0) is 14.5. The van der Waals surface area contributed by atoms with Crippen molar-refractivity contribution in [3.63, 3.8) is 0 Å². The maximum absolute atomic E-state index is 5.74. The van der Waals surface area contributed by atoms with E-state index in [0.717, 1.165) is 25.6 Å². The lowest BCUT2D eigenvalue weighted by Gasteiger charge is -2.22. The molecule has 0 aromatic rings. The molecule has 0 radical (unpaired) electrons. The fourth-order valence-corrected chi connectivity index (χ4v) is 2.74. The third kappa shape index (κ3) is 9.77. The van der Waals surface area contributed by atoms with Crippen molar-refractivity contribution < 1.29 is 9.47 Å². The van der Waals surface area contributed by atoms with Crippen molar-refractivity contribution in [1.29, 1.82) is 0 Å². The summed E-state index contributed by atoms with van der Waals surface area (Å²) < 4.78 is 11.3. The van der Waals surface area contributed by atoms with Crippen LogP contribution in [0.15, 0.2) is 0 Å². The largest absolute Gasteiger partial charge is 0.353 e. The second kappa shape index (κ2) is 12.6. The molecule has 2 atom stereocenters. The van der Waals surface area contributed by atoms with E-state index in [0.29, 0.717) is 0 Å². The van der Waals surface area contributed by atoms with Gasteiger partial charge in [0.05, 0.1) is 0 Å². The molecule has 20 heavy (non-hydrogen) atoms. The van der Waals surface area contributed by atoms with Crippen LogP contribution in [-0.4, -0.2) is 19.5 Å². The van der Waals surface area contributed by atoms with Crippen molar-refractivity contribution in [3.8, 4) is 0 Å². The van der Waals surface area contributed by atoms with Gasteiger partial charge in [0.1, 0.15) is 0 Å². The lowest BCUT2D eigenvalue weighted by Crippen LogP contribution is -2.22. The minimum atomic E-state index is 0.101. The molecule has 1 aliphatic heterocycles. The van der Waals surface area contributed by atoms with Crippen molar-refractivity contribution in [2.75, 3.05) is 13.2 Å². The van der Waals surface area contributed by atoms with Crippen LogP contribution in [0, 0.1) is 5.92 Å². The second-order valence-corrected chi connectivity index (χ2v) is 6.44. The molecular weight excluding hydrogens is 248 g/mol. The lowest BCUT2D eigenvalue weighted by molar-refractivity contribution is -0.162. The average molecular weight is 284 g/mol. The molecule has 120 valence electrons. The highest BCUT2D eigenvalue weighted by Gasteiger charge is 2.13. The van der Waals surface area contributed by atoms with E-state index in [-0.39, 0.29) is 6.29 Å². The van der Waals surface area contributed by atoms with Crippen LogP contribution in [0.5, 0.6) is 0 Å². The third-order valence-corrected chi connectivity index (χ3v) is 4.48. The monoisotopic (exact) mass is 284 g/mol. The van der Waals surface area contributed by atoms with Crippen LogP contribution in [0.1, 0.15) is 90.9 Å². The summed E-state index contributed by atoms with van der Waals surface area (Å²) in [5.74, 6) is 0.925. The first kappa shape index (κ1) is 18.0. The molecule has 1 rings (SSSR count). The van der Waals surface area contributed by atoms with Gasteiger partial charge in [-0.3, -0.25) is 0 Å². The average Bonchev–Trinajstić information content (AvgIpc) is 2.50. The lowest BCUT2D eigenvalue weighted by atomic mass is 10.00. The van der Waals surface area contributed by atoms with E-state index in [1.54, 1.807) is 0 Å². The molecule has 0 amide bonds. The summed E-state index contributed by atoms with van der Waals surface area (Å²) in [6.07, 6.45) is 16.0. The van der Waals surface area contributed by atoms with Crippen LogP contribution >= 0.6 is 0 Å². The van der Waals surface area contributed by atoms with E-state index in [1.807, 2.05) is 0 Å². The minimum absolute atomic E-state index is 0.101. The van der Waals surface area contributed by atoms with Gasteiger partial charge in [-0.25, -0.2) is 0 Å². The molecule has 0 aromatic carbocycles. The molecule has 0 bridgehead atoms. The van der Waals surface area contributed by atoms with Crippen molar-refractivity contribution >= 4 is 0 Å². The topological polar surface area (TPSA) is 18.5 Å². The Morgan fingerprint density at radius 2 is 1.70 bits per heavy atom. The number of unbranched alkanes of at least 4 members (excludes halogenated alkanes) is 6. The zero-order valence-corrected chi connectivity index (χ0v) is 13.9. The van der Waals surface area contributed by atoms with Gasteiger partial charge in [-0.1, -0.05) is 65.2 Å². The highest BCUT2D eigenvalue weighted by atomic mass is 16.7. The molecule has 2 nitrogen and oxygen atoms in total. The third-order valence-electron chi connectivity index (χ3n) is 4.48. The van der Waals surface area contributed by atoms with Gasteiger partial charge in [-0.2, -0.15) is 0 Å². The van der Waals surface area contributed by atoms with Gasteiger partial charge in [-0.15, -0.1) is 0 Å². The van der Waals surface area contributed by atoms with E-state index in [9.17, 15) is 0 Å². The Morgan fingerprint density at radius 1 is 1.00 bits per heavy atom. The molecule has 2 heteroatoms. The zero-order valence-electron chi connectivity index (χ0n) is 13.9. The number of hydrogen-bond acceptors (Lipinski definition) is 2. The van der Waals surface area contributed by atoms with Crippen molar-refractivity contribution in [1.82, 2.24) is 0 Å². The highest BCUT2D eigenvalue weighted by Crippen LogP contribution is 2.16. The van der Waals surface area contributed by atoms with Crippen LogP contribution < -0.4 is 0 Å². The van der Waals surface area contributed by atoms with Gasteiger partial charge in [0, 0.05) is 13.2 Å². The predicted octanol–water partition coefficient (Wildman–Crippen LogP) is 5.70. The van der Waals surface area contributed by atoms with Crippen molar-refractivity contribution in [3.05, 3.63) is 0 Å². The first-order valence-electron chi connectivity index (χ1n) is 9.06. The molecule has 0 aromatic heterocycles. The van der Waals surface area contributed by atoms with Crippen LogP contribution in [0.2, 0.25) is 0 Å². The quantitative estimate of drug-likeness (QED) is 0.428. The van der Waals surface area contributed by atoms with E-state index < -0.39 is 0 Å². The van der Waals surface area contributed by atoms with E-state index in [1.165, 1.54) is 70.6 Å². The van der Waals surface area contributed by atoms with Crippen molar-refractivity contribution in [2.45, 2.75) is 97.2 Å². The van der Waals surface area contributed by atoms with E-state index in [2.05, 4.69) is 13.8 Å². The summed E-state index contributed by atoms with van der Waals surface area (Å²) in [6, 6.07) is 0. The van der Waals surface area contributed by atoms with Gasteiger partial charge in [0.15, 0.2) is 6.29 Å². The van der Waals surface area contributed by atoms with Gasteiger partial charge >= 0.3 is 0 Å². The summed E-state index contributed by atoms with van der Waals surface area (Å²) in [4.78, 5) is 0. The predicted molar refractivity (Wildman–Crippen MR) is 85.9 cm³/mol. The Labute approximate surface area is 126 Å². The molecule has 0 saturated carbocycles. The fourth-order valence-electron chi connectivity index (χ4n) is 2.74. The second-order valence-electron chi connectivity index (χ2n) is 6.44. The molecule has 1 unspecified atom stereocenters. The SMILES string of the molecule is CC[C@@H](C)CCCCCCCCCOC1CCCCO1. The maximum Gasteiger partial charge on any atom is 0.157 e. The molecular formula is C18H36O2. The molecule has 0 spiro atoms. The molecule has 1 saturated heterocycles. The highest BCUT2D eigenvalue weighted by molar-refractivity contribution is 4.55. The minimum Gasteiger partial charge on any atom is -0.353 e. The summed E-state index contributed by atoms with van der Waals surface area (Å²) in [5.41, 5.74) is 0. The standard InChI is InChI=1S/C18H36O2/c1-3-17(2)13-9-7-5-4-6-8-11-15-19-18-14-10-12-16-20-18/h17-18H,3-16H2,1-2H3/t17-,18?/m1/s1. The van der Waals surface area contributed by atoms with E-state index in [4.69, 9.17) is 9.47 Å². The number of hydrogen-bond donors (Lipinski definition) is 0. The Bertz CT molecular complexity index is 200. The van der Waals surface area contributed by atoms with Gasteiger partial charge < -0.3 is 9.47 Å². The Morgan fingerprint density at radius 3 is 2.35 bits per heavy atom. The number of rotatable bonds is 12. The number of ether oxygens (including phenoxy) is 2. The van der Waals surface area contributed by atoms with Crippen LogP contribution in [0.4, 0.5) is 0 Å². The smallest absolute Gasteiger partial charge is 0.157 e. The maximum atomic E-state index is 5.74. The summed E-state index contributed by atoms with van der Waals surface area (Å²) >= 11 is 0. The Hall–Kier alpha value is -0.0800. The summed E-state index contributed by atoms with van der Waals surface area (Å²) in [6.45, 7) is 6.45. The van der Waals surface area contributed by atoms with Gasteiger partial charge in [-0.05, 0) is 31.6 Å². The first-order valence-corrected chi connectivity index (χ1v) is 9.06. The molecule has 0 aliphatic carbocycles.